The molecule has 1 aromatic rings. The van der Waals surface area contributed by atoms with E-state index in [4.69, 9.17) is 10.9 Å². The lowest BCUT2D eigenvalue weighted by molar-refractivity contribution is 0.0970. The van der Waals surface area contributed by atoms with E-state index < -0.39 is 10.0 Å². The van der Waals surface area contributed by atoms with Crippen molar-refractivity contribution in [2.45, 2.75) is 31.3 Å². The van der Waals surface area contributed by atoms with Crippen molar-refractivity contribution in [3.8, 4) is 0 Å². The Labute approximate surface area is 119 Å². The summed E-state index contributed by atoms with van der Waals surface area (Å²) in [6, 6.07) is 3.14. The molecule has 0 aliphatic carbocycles. The molecule has 7 heteroatoms. The Balaban J connectivity index is 2.45. The third kappa shape index (κ3) is 2.89. The van der Waals surface area contributed by atoms with Crippen LogP contribution in [0.2, 0.25) is 0 Å². The number of rotatable bonds is 2. The molecule has 2 rings (SSSR count). The van der Waals surface area contributed by atoms with Crippen LogP contribution in [0.15, 0.2) is 17.0 Å². The molecule has 0 amide bonds. The van der Waals surface area contributed by atoms with Crippen LogP contribution in [0.3, 0.4) is 0 Å². The average Bonchev–Trinajstić information content (AvgIpc) is 2.34. The molecule has 0 bridgehead atoms. The number of benzene rings is 1. The van der Waals surface area contributed by atoms with Gasteiger partial charge in [-0.3, -0.25) is 0 Å². The summed E-state index contributed by atoms with van der Waals surface area (Å²) in [5, 5.41) is 15.0. The van der Waals surface area contributed by atoms with Crippen molar-refractivity contribution in [2.75, 3.05) is 23.7 Å². The highest BCUT2D eigenvalue weighted by atomic mass is 32.2. The fourth-order valence-electron chi connectivity index (χ4n) is 2.67. The number of nitrogens with two attached hydrogens (primary N) is 2. The molecule has 0 aromatic heterocycles. The molecule has 1 saturated heterocycles. The molecule has 0 saturated carbocycles. The SMILES string of the molecule is Cc1c(N2CCC(O)C(C)C2)cc(N)cc1S(N)(=O)=O. The van der Waals surface area contributed by atoms with Crippen LogP contribution in [0.4, 0.5) is 11.4 Å². The zero-order valence-corrected chi connectivity index (χ0v) is 12.5. The van der Waals surface area contributed by atoms with Crippen LogP contribution >= 0.6 is 0 Å². The number of aliphatic hydroxyl groups excluding tert-OH is 1. The van der Waals surface area contributed by atoms with Crippen LogP contribution < -0.4 is 15.8 Å². The van der Waals surface area contributed by atoms with Crippen molar-refractivity contribution < 1.29 is 13.5 Å². The molecule has 6 nitrogen and oxygen atoms in total. The summed E-state index contributed by atoms with van der Waals surface area (Å²) in [6.07, 6.45) is 0.338. The fraction of sp³-hybridized carbons (Fsp3) is 0.538. The van der Waals surface area contributed by atoms with Gasteiger partial charge in [0.05, 0.1) is 11.0 Å². The maximum Gasteiger partial charge on any atom is 0.238 e. The summed E-state index contributed by atoms with van der Waals surface area (Å²) < 4.78 is 23.2. The summed E-state index contributed by atoms with van der Waals surface area (Å²) in [6.45, 7) is 5.03. The smallest absolute Gasteiger partial charge is 0.238 e. The summed E-state index contributed by atoms with van der Waals surface area (Å²) in [5.41, 5.74) is 7.54. The van der Waals surface area contributed by atoms with Crippen LogP contribution in [0, 0.1) is 12.8 Å². The van der Waals surface area contributed by atoms with E-state index in [0.29, 0.717) is 30.8 Å². The van der Waals surface area contributed by atoms with E-state index in [2.05, 4.69) is 4.90 Å². The highest BCUT2D eigenvalue weighted by molar-refractivity contribution is 7.89. The average molecular weight is 299 g/mol. The standard InChI is InChI=1S/C13H21N3O3S/c1-8-7-16(4-3-12(8)17)11-5-10(14)6-13(9(11)2)20(15,18)19/h5-6,8,12,17H,3-4,7,14H2,1-2H3,(H2,15,18,19). The number of piperidine rings is 1. The minimum absolute atomic E-state index is 0.0614. The first kappa shape index (κ1) is 15.1. The predicted octanol–water partition coefficient (Wildman–Crippen LogP) is 0.432. The third-order valence-electron chi connectivity index (χ3n) is 3.86. The maximum absolute atomic E-state index is 11.6. The van der Waals surface area contributed by atoms with Gasteiger partial charge in [0.1, 0.15) is 0 Å². The molecule has 0 spiro atoms. The number of sulfonamides is 1. The molecule has 1 aliphatic rings. The van der Waals surface area contributed by atoms with E-state index >= 15 is 0 Å². The molecule has 2 atom stereocenters. The first-order chi connectivity index (χ1) is 9.20. The van der Waals surface area contributed by atoms with Crippen molar-refractivity contribution in [1.82, 2.24) is 0 Å². The molecule has 20 heavy (non-hydrogen) atoms. The lowest BCUT2D eigenvalue weighted by Crippen LogP contribution is -2.42. The highest BCUT2D eigenvalue weighted by Crippen LogP contribution is 2.32. The van der Waals surface area contributed by atoms with Gasteiger partial charge in [-0.25, -0.2) is 13.6 Å². The topological polar surface area (TPSA) is 110 Å². The number of aliphatic hydroxyl groups is 1. The van der Waals surface area contributed by atoms with Gasteiger partial charge >= 0.3 is 0 Å². The van der Waals surface area contributed by atoms with E-state index in [-0.39, 0.29) is 16.9 Å². The molecule has 5 N–H and O–H groups in total. The van der Waals surface area contributed by atoms with Crippen LogP contribution in [0.1, 0.15) is 18.9 Å². The van der Waals surface area contributed by atoms with Gasteiger partial charge in [0, 0.05) is 24.5 Å². The van der Waals surface area contributed by atoms with E-state index in [9.17, 15) is 13.5 Å². The van der Waals surface area contributed by atoms with E-state index in [1.807, 2.05) is 6.92 Å². The minimum atomic E-state index is -3.80. The highest BCUT2D eigenvalue weighted by Gasteiger charge is 2.26. The molecule has 1 aromatic carbocycles. The normalized spacial score (nSPS) is 23.9. The lowest BCUT2D eigenvalue weighted by atomic mass is 9.95. The number of hydrogen-bond acceptors (Lipinski definition) is 5. The van der Waals surface area contributed by atoms with Crippen LogP contribution in [-0.4, -0.2) is 32.7 Å². The molecule has 1 fully saturated rings. The monoisotopic (exact) mass is 299 g/mol. The molecule has 1 heterocycles. The Bertz CT molecular complexity index is 616. The van der Waals surface area contributed by atoms with Gasteiger partial charge < -0.3 is 15.7 Å². The Hall–Kier alpha value is -1.31. The quantitative estimate of drug-likeness (QED) is 0.686. The van der Waals surface area contributed by atoms with Crippen LogP contribution in [0.5, 0.6) is 0 Å². The van der Waals surface area contributed by atoms with Gasteiger partial charge in [-0.2, -0.15) is 0 Å². The molecular weight excluding hydrogens is 278 g/mol. The second-order valence-electron chi connectivity index (χ2n) is 5.49. The zero-order valence-electron chi connectivity index (χ0n) is 11.7. The number of nitrogens with zero attached hydrogens (tertiary/aromatic N) is 1. The second-order valence-corrected chi connectivity index (χ2v) is 7.02. The molecule has 2 unspecified atom stereocenters. The van der Waals surface area contributed by atoms with Crippen LogP contribution in [-0.2, 0) is 10.0 Å². The Morgan fingerprint density at radius 1 is 1.40 bits per heavy atom. The number of hydrogen-bond donors (Lipinski definition) is 3. The Kier molecular flexibility index (Phi) is 3.95. The number of primary sulfonamides is 1. The first-order valence-electron chi connectivity index (χ1n) is 6.56. The van der Waals surface area contributed by atoms with Crippen LogP contribution in [0.25, 0.3) is 0 Å². The molecule has 1 aliphatic heterocycles. The zero-order chi connectivity index (χ0) is 15.1. The summed E-state index contributed by atoms with van der Waals surface area (Å²) in [4.78, 5) is 2.11. The number of nitrogen functional groups attached to an aromatic ring is 1. The predicted molar refractivity (Wildman–Crippen MR) is 79.0 cm³/mol. The largest absolute Gasteiger partial charge is 0.399 e. The first-order valence-corrected chi connectivity index (χ1v) is 8.10. The summed E-state index contributed by atoms with van der Waals surface area (Å²) in [7, 11) is -3.80. The Morgan fingerprint density at radius 3 is 2.60 bits per heavy atom. The van der Waals surface area contributed by atoms with Crippen molar-refractivity contribution in [1.29, 1.82) is 0 Å². The van der Waals surface area contributed by atoms with E-state index in [0.717, 1.165) is 5.69 Å². The third-order valence-corrected chi connectivity index (χ3v) is 4.90. The van der Waals surface area contributed by atoms with Gasteiger partial charge in [0.25, 0.3) is 0 Å². The van der Waals surface area contributed by atoms with Gasteiger partial charge in [0.2, 0.25) is 10.0 Å². The lowest BCUT2D eigenvalue weighted by Gasteiger charge is -2.37. The summed E-state index contributed by atoms with van der Waals surface area (Å²) >= 11 is 0. The van der Waals surface area contributed by atoms with Gasteiger partial charge in [-0.1, -0.05) is 6.92 Å². The molecular formula is C13H21N3O3S. The number of anilines is 2. The minimum Gasteiger partial charge on any atom is -0.399 e. The van der Waals surface area contributed by atoms with Crippen molar-refractivity contribution in [3.05, 3.63) is 17.7 Å². The van der Waals surface area contributed by atoms with E-state index in [1.165, 1.54) is 6.07 Å². The Morgan fingerprint density at radius 2 is 2.05 bits per heavy atom. The van der Waals surface area contributed by atoms with Crippen molar-refractivity contribution >= 4 is 21.4 Å². The van der Waals surface area contributed by atoms with E-state index in [1.54, 1.807) is 13.0 Å². The van der Waals surface area contributed by atoms with Crippen molar-refractivity contribution in [2.24, 2.45) is 11.1 Å². The second kappa shape index (κ2) is 5.23. The van der Waals surface area contributed by atoms with Gasteiger partial charge in [-0.15, -0.1) is 0 Å². The molecule has 0 radical (unpaired) electrons. The van der Waals surface area contributed by atoms with Gasteiger partial charge in [-0.05, 0) is 37.0 Å². The molecule has 112 valence electrons. The maximum atomic E-state index is 11.6. The van der Waals surface area contributed by atoms with Crippen molar-refractivity contribution in [3.63, 3.8) is 0 Å². The summed E-state index contributed by atoms with van der Waals surface area (Å²) in [5.74, 6) is 0.127. The fourth-order valence-corrected chi connectivity index (χ4v) is 3.50. The van der Waals surface area contributed by atoms with Gasteiger partial charge in [0.15, 0.2) is 0 Å².